The van der Waals surface area contributed by atoms with E-state index in [-0.39, 0.29) is 5.41 Å². The smallest absolute Gasteiger partial charge is 0.195 e. The molecule has 6 heteroatoms. The molecule has 2 aromatic carbocycles. The second-order valence-electron chi connectivity index (χ2n) is 7.97. The van der Waals surface area contributed by atoms with Gasteiger partial charge in [0.2, 0.25) is 0 Å². The number of nitrogens with one attached hydrogen (secondary N) is 2. The molecule has 4 rings (SSSR count). The van der Waals surface area contributed by atoms with Crippen LogP contribution in [0.4, 0.5) is 5.69 Å². The Morgan fingerprint density at radius 2 is 1.77 bits per heavy atom. The number of benzene rings is 2. The van der Waals surface area contributed by atoms with E-state index in [2.05, 4.69) is 46.8 Å². The summed E-state index contributed by atoms with van der Waals surface area (Å²) < 4.78 is 17.2. The van der Waals surface area contributed by atoms with Gasteiger partial charge >= 0.3 is 0 Å². The van der Waals surface area contributed by atoms with Crippen LogP contribution < -0.4 is 20.1 Å². The molecule has 6 nitrogen and oxygen atoms in total. The molecule has 1 saturated heterocycles. The number of guanidine groups is 1. The maximum Gasteiger partial charge on any atom is 0.195 e. The largest absolute Gasteiger partial charge is 0.490 e. The number of nitrogens with zero attached hydrogens (tertiary/aromatic N) is 1. The lowest BCUT2D eigenvalue weighted by atomic mass is 9.72. The number of fused-ring (bicyclic) bond motifs is 1. The number of aliphatic imine (C=N–C) groups is 1. The van der Waals surface area contributed by atoms with Crippen LogP contribution in [0.2, 0.25) is 0 Å². The van der Waals surface area contributed by atoms with Gasteiger partial charge in [-0.05, 0) is 43.0 Å². The van der Waals surface area contributed by atoms with E-state index in [1.165, 1.54) is 11.1 Å². The molecule has 0 bridgehead atoms. The van der Waals surface area contributed by atoms with Crippen molar-refractivity contribution >= 4 is 11.6 Å². The Balaban J connectivity index is 1.48. The number of hydrogen-bond donors (Lipinski definition) is 2. The Morgan fingerprint density at radius 3 is 2.53 bits per heavy atom. The van der Waals surface area contributed by atoms with Gasteiger partial charge in [-0.25, -0.2) is 0 Å². The molecule has 0 spiro atoms. The van der Waals surface area contributed by atoms with Gasteiger partial charge in [0.1, 0.15) is 0 Å². The molecule has 30 heavy (non-hydrogen) atoms. The molecular weight excluding hydrogens is 378 g/mol. The maximum atomic E-state index is 5.81. The molecule has 0 saturated carbocycles. The monoisotopic (exact) mass is 409 g/mol. The number of hydrogen-bond acceptors (Lipinski definition) is 4. The molecule has 0 unspecified atom stereocenters. The lowest BCUT2D eigenvalue weighted by Gasteiger charge is -2.39. The lowest BCUT2D eigenvalue weighted by molar-refractivity contribution is 0.0512. The van der Waals surface area contributed by atoms with Crippen LogP contribution in [0.25, 0.3) is 0 Å². The Bertz CT molecular complexity index is 891. The predicted octanol–water partition coefficient (Wildman–Crippen LogP) is 3.89. The van der Waals surface area contributed by atoms with Gasteiger partial charge in [0.25, 0.3) is 0 Å². The first-order valence-corrected chi connectivity index (χ1v) is 10.7. The van der Waals surface area contributed by atoms with Gasteiger partial charge in [-0.3, -0.25) is 4.99 Å². The molecule has 0 amide bonds. The standard InChI is InChI=1S/C24H31N3O3/c1-18-6-3-4-7-20(18)24(10-14-28-15-11-24)17-26-23(25-2)27-19-8-9-21-22(16-19)30-13-5-12-29-21/h3-4,6-9,16H,5,10-15,17H2,1-2H3,(H2,25,26,27). The molecule has 2 heterocycles. The summed E-state index contributed by atoms with van der Waals surface area (Å²) in [5.74, 6) is 2.31. The van der Waals surface area contributed by atoms with Crippen LogP contribution in [0, 0.1) is 6.92 Å². The zero-order chi connectivity index (χ0) is 20.8. The molecule has 2 aliphatic heterocycles. The van der Waals surface area contributed by atoms with Crippen LogP contribution in [-0.4, -0.2) is 46.0 Å². The van der Waals surface area contributed by atoms with Crippen molar-refractivity contribution in [2.24, 2.45) is 4.99 Å². The fourth-order valence-corrected chi connectivity index (χ4v) is 4.28. The molecule has 0 aliphatic carbocycles. The van der Waals surface area contributed by atoms with Gasteiger partial charge in [-0.15, -0.1) is 0 Å². The van der Waals surface area contributed by atoms with E-state index < -0.39 is 0 Å². The average molecular weight is 410 g/mol. The second-order valence-corrected chi connectivity index (χ2v) is 7.97. The van der Waals surface area contributed by atoms with Crippen LogP contribution >= 0.6 is 0 Å². The normalized spacial score (nSPS) is 18.4. The summed E-state index contributed by atoms with van der Waals surface area (Å²) in [5.41, 5.74) is 3.68. The predicted molar refractivity (Wildman–Crippen MR) is 120 cm³/mol. The van der Waals surface area contributed by atoms with Gasteiger partial charge in [0, 0.05) is 50.4 Å². The van der Waals surface area contributed by atoms with Crippen molar-refractivity contribution in [2.75, 3.05) is 45.3 Å². The van der Waals surface area contributed by atoms with Crippen LogP contribution in [-0.2, 0) is 10.2 Å². The van der Waals surface area contributed by atoms with E-state index in [0.29, 0.717) is 13.2 Å². The van der Waals surface area contributed by atoms with Crippen molar-refractivity contribution in [3.63, 3.8) is 0 Å². The van der Waals surface area contributed by atoms with Crippen LogP contribution in [0.5, 0.6) is 11.5 Å². The first kappa shape index (κ1) is 20.5. The van der Waals surface area contributed by atoms with Crippen molar-refractivity contribution in [3.05, 3.63) is 53.6 Å². The molecule has 0 aromatic heterocycles. The van der Waals surface area contributed by atoms with Crippen molar-refractivity contribution in [3.8, 4) is 11.5 Å². The van der Waals surface area contributed by atoms with Crippen LogP contribution in [0.15, 0.2) is 47.5 Å². The zero-order valence-corrected chi connectivity index (χ0v) is 17.9. The highest BCUT2D eigenvalue weighted by atomic mass is 16.5. The molecule has 2 N–H and O–H groups in total. The third kappa shape index (κ3) is 4.54. The van der Waals surface area contributed by atoms with Crippen LogP contribution in [0.3, 0.4) is 0 Å². The van der Waals surface area contributed by atoms with Crippen LogP contribution in [0.1, 0.15) is 30.4 Å². The topological polar surface area (TPSA) is 64.1 Å². The molecule has 2 aliphatic rings. The van der Waals surface area contributed by atoms with E-state index in [1.807, 2.05) is 18.2 Å². The molecular formula is C24H31N3O3. The zero-order valence-electron chi connectivity index (χ0n) is 17.9. The summed E-state index contributed by atoms with van der Waals surface area (Å²) >= 11 is 0. The second kappa shape index (κ2) is 9.39. The van der Waals surface area contributed by atoms with Gasteiger partial charge in [-0.2, -0.15) is 0 Å². The number of ether oxygens (including phenoxy) is 3. The summed E-state index contributed by atoms with van der Waals surface area (Å²) in [6.07, 6.45) is 2.88. The highest BCUT2D eigenvalue weighted by Crippen LogP contribution is 2.36. The van der Waals surface area contributed by atoms with Crippen molar-refractivity contribution < 1.29 is 14.2 Å². The van der Waals surface area contributed by atoms with Crippen molar-refractivity contribution in [2.45, 2.75) is 31.6 Å². The summed E-state index contributed by atoms with van der Waals surface area (Å²) in [6.45, 7) is 5.91. The molecule has 160 valence electrons. The summed E-state index contributed by atoms with van der Waals surface area (Å²) in [5, 5.41) is 6.95. The van der Waals surface area contributed by atoms with Gasteiger partial charge < -0.3 is 24.8 Å². The SMILES string of the molecule is CN=C(NCC1(c2ccccc2C)CCOCC1)Nc1ccc2c(c1)OCCCO2. The first-order valence-electron chi connectivity index (χ1n) is 10.7. The molecule has 0 radical (unpaired) electrons. The van der Waals surface area contributed by atoms with E-state index >= 15 is 0 Å². The fourth-order valence-electron chi connectivity index (χ4n) is 4.28. The Morgan fingerprint density at radius 1 is 1.00 bits per heavy atom. The first-order chi connectivity index (χ1) is 14.7. The van der Waals surface area contributed by atoms with Gasteiger partial charge in [0.05, 0.1) is 13.2 Å². The minimum atomic E-state index is 0.0337. The Hall–Kier alpha value is -2.73. The maximum absolute atomic E-state index is 5.81. The van der Waals surface area contributed by atoms with E-state index in [0.717, 1.165) is 62.2 Å². The number of aryl methyl sites for hydroxylation is 1. The molecule has 0 atom stereocenters. The van der Waals surface area contributed by atoms with Crippen molar-refractivity contribution in [1.29, 1.82) is 0 Å². The van der Waals surface area contributed by atoms with E-state index in [9.17, 15) is 0 Å². The third-order valence-electron chi connectivity index (χ3n) is 5.99. The Kier molecular flexibility index (Phi) is 6.43. The minimum absolute atomic E-state index is 0.0337. The van der Waals surface area contributed by atoms with Gasteiger partial charge in [0.15, 0.2) is 17.5 Å². The van der Waals surface area contributed by atoms with E-state index in [1.54, 1.807) is 7.05 Å². The quantitative estimate of drug-likeness (QED) is 0.592. The van der Waals surface area contributed by atoms with E-state index in [4.69, 9.17) is 14.2 Å². The summed E-state index contributed by atoms with van der Waals surface area (Å²) in [6, 6.07) is 14.6. The molecule has 2 aromatic rings. The third-order valence-corrected chi connectivity index (χ3v) is 5.99. The highest BCUT2D eigenvalue weighted by Gasteiger charge is 2.35. The van der Waals surface area contributed by atoms with Crippen molar-refractivity contribution in [1.82, 2.24) is 5.32 Å². The number of anilines is 1. The lowest BCUT2D eigenvalue weighted by Crippen LogP contribution is -2.46. The van der Waals surface area contributed by atoms with Gasteiger partial charge in [-0.1, -0.05) is 24.3 Å². The summed E-state index contributed by atoms with van der Waals surface area (Å²) in [7, 11) is 1.79. The Labute approximate surface area is 178 Å². The average Bonchev–Trinajstić information content (AvgIpc) is 3.02. The molecule has 1 fully saturated rings. The number of rotatable bonds is 4. The minimum Gasteiger partial charge on any atom is -0.490 e. The highest BCUT2D eigenvalue weighted by molar-refractivity contribution is 5.94. The summed E-state index contributed by atoms with van der Waals surface area (Å²) in [4.78, 5) is 4.44. The fraction of sp³-hybridized carbons (Fsp3) is 0.458.